The molecule has 2 fully saturated rings. The Balaban J connectivity index is 1.52. The van der Waals surface area contributed by atoms with Crippen molar-refractivity contribution in [2.24, 2.45) is 0 Å². The molecule has 190 valence electrons. The van der Waals surface area contributed by atoms with E-state index in [-0.39, 0.29) is 16.9 Å². The van der Waals surface area contributed by atoms with Crippen LogP contribution in [-0.2, 0) is 4.74 Å². The topological polar surface area (TPSA) is 85.9 Å². The lowest BCUT2D eigenvalue weighted by Gasteiger charge is -2.36. The summed E-state index contributed by atoms with van der Waals surface area (Å²) in [6.07, 6.45) is 3.47. The van der Waals surface area contributed by atoms with Crippen molar-refractivity contribution in [3.63, 3.8) is 0 Å². The normalized spacial score (nSPS) is 16.4. The van der Waals surface area contributed by atoms with Gasteiger partial charge in [-0.25, -0.2) is 18.6 Å². The van der Waals surface area contributed by atoms with E-state index in [2.05, 4.69) is 25.5 Å². The number of morpholine rings is 1. The molecule has 2 aromatic heterocycles. The summed E-state index contributed by atoms with van der Waals surface area (Å²) in [5.74, 6) is -0.742. The number of anilines is 4. The molecule has 5 rings (SSSR count). The highest BCUT2D eigenvalue weighted by Crippen LogP contribution is 2.37. The van der Waals surface area contributed by atoms with Crippen molar-refractivity contribution in [2.75, 3.05) is 74.6 Å². The fourth-order valence-electron chi connectivity index (χ4n) is 4.77. The number of carbonyl (C=O) groups is 1. The minimum absolute atomic E-state index is 0.128. The molecule has 36 heavy (non-hydrogen) atoms. The Hall–Kier alpha value is -3.73. The summed E-state index contributed by atoms with van der Waals surface area (Å²) >= 11 is 0. The van der Waals surface area contributed by atoms with E-state index in [1.807, 2.05) is 17.9 Å². The molecule has 2 aliphatic heterocycles. The zero-order chi connectivity index (χ0) is 25.2. The number of aromatic nitrogens is 2. The summed E-state index contributed by atoms with van der Waals surface area (Å²) in [4.78, 5) is 27.0. The lowest BCUT2D eigenvalue weighted by molar-refractivity contribution is 0.122. The first kappa shape index (κ1) is 24.0. The monoisotopic (exact) mass is 497 g/mol. The molecule has 0 radical (unpaired) electrons. The number of hydrogen-bond donors (Lipinski definition) is 2. The highest BCUT2D eigenvalue weighted by molar-refractivity contribution is 5.97. The van der Waals surface area contributed by atoms with E-state index in [0.29, 0.717) is 56.6 Å². The number of ether oxygens (including phenoxy) is 1. The summed E-state index contributed by atoms with van der Waals surface area (Å²) in [6, 6.07) is 3.96. The average Bonchev–Trinajstić information content (AvgIpc) is 2.90. The van der Waals surface area contributed by atoms with Crippen LogP contribution in [0, 0.1) is 18.6 Å². The van der Waals surface area contributed by atoms with Crippen LogP contribution in [0.2, 0.25) is 0 Å². The maximum absolute atomic E-state index is 15.1. The van der Waals surface area contributed by atoms with Gasteiger partial charge in [-0.2, -0.15) is 0 Å². The molecule has 2 saturated heterocycles. The van der Waals surface area contributed by atoms with Gasteiger partial charge in [0, 0.05) is 64.0 Å². The van der Waals surface area contributed by atoms with E-state index in [1.165, 1.54) is 6.07 Å². The molecule has 2 N–H and O–H groups in total. The van der Waals surface area contributed by atoms with Gasteiger partial charge in [0.25, 0.3) is 0 Å². The van der Waals surface area contributed by atoms with E-state index in [0.717, 1.165) is 30.4 Å². The van der Waals surface area contributed by atoms with Crippen LogP contribution >= 0.6 is 0 Å². The van der Waals surface area contributed by atoms with Crippen molar-refractivity contribution in [3.8, 4) is 0 Å². The van der Waals surface area contributed by atoms with Crippen LogP contribution in [-0.4, -0.2) is 80.4 Å². The van der Waals surface area contributed by atoms with Gasteiger partial charge in [-0.1, -0.05) is 0 Å². The molecule has 0 spiro atoms. The second-order valence-electron chi connectivity index (χ2n) is 8.90. The van der Waals surface area contributed by atoms with Gasteiger partial charge < -0.3 is 30.1 Å². The van der Waals surface area contributed by atoms with Gasteiger partial charge in [0.1, 0.15) is 17.5 Å². The van der Waals surface area contributed by atoms with Crippen molar-refractivity contribution in [1.29, 1.82) is 0 Å². The second-order valence-corrected chi connectivity index (χ2v) is 8.90. The molecule has 2 aliphatic rings. The molecule has 1 aromatic carbocycles. The van der Waals surface area contributed by atoms with E-state index < -0.39 is 11.6 Å². The Bertz CT molecular complexity index is 1270. The van der Waals surface area contributed by atoms with Crippen LogP contribution in [0.4, 0.5) is 36.5 Å². The number of benzene rings is 1. The van der Waals surface area contributed by atoms with E-state index in [9.17, 15) is 9.18 Å². The highest BCUT2D eigenvalue weighted by Gasteiger charge is 2.25. The largest absolute Gasteiger partial charge is 0.378 e. The maximum atomic E-state index is 15.1. The van der Waals surface area contributed by atoms with Gasteiger partial charge in [0.15, 0.2) is 0 Å². The van der Waals surface area contributed by atoms with Crippen LogP contribution in [0.15, 0.2) is 30.6 Å². The Morgan fingerprint density at radius 2 is 1.75 bits per heavy atom. The van der Waals surface area contributed by atoms with Crippen LogP contribution in [0.3, 0.4) is 0 Å². The Morgan fingerprint density at radius 1 is 1.00 bits per heavy atom. The summed E-state index contributed by atoms with van der Waals surface area (Å²) in [7, 11) is 1.60. The number of urea groups is 1. The highest BCUT2D eigenvalue weighted by atomic mass is 19.1. The SMILES string of the molecule is CNC(=O)N1CCN(c2nc3cc(F)cc(F)c3c(Nc3cncc(N4CCOCC4)c3)c2C)CC1. The van der Waals surface area contributed by atoms with Crippen molar-refractivity contribution in [2.45, 2.75) is 6.92 Å². The zero-order valence-corrected chi connectivity index (χ0v) is 20.4. The van der Waals surface area contributed by atoms with Gasteiger partial charge >= 0.3 is 6.03 Å². The van der Waals surface area contributed by atoms with E-state index in [4.69, 9.17) is 4.74 Å². The minimum Gasteiger partial charge on any atom is -0.378 e. The smallest absolute Gasteiger partial charge is 0.317 e. The van der Waals surface area contributed by atoms with Crippen molar-refractivity contribution in [3.05, 3.63) is 47.8 Å². The molecule has 0 saturated carbocycles. The Morgan fingerprint density at radius 3 is 2.47 bits per heavy atom. The van der Waals surface area contributed by atoms with Gasteiger partial charge in [-0.3, -0.25) is 4.98 Å². The number of piperazine rings is 1. The number of amides is 2. The number of nitrogens with zero attached hydrogens (tertiary/aromatic N) is 5. The molecule has 0 unspecified atom stereocenters. The summed E-state index contributed by atoms with van der Waals surface area (Å²) in [5, 5.41) is 6.21. The number of pyridine rings is 2. The predicted octanol–water partition coefficient (Wildman–Crippen LogP) is 3.26. The lowest BCUT2D eigenvalue weighted by Crippen LogP contribution is -2.51. The van der Waals surface area contributed by atoms with Gasteiger partial charge in [-0.15, -0.1) is 0 Å². The first-order valence-electron chi connectivity index (χ1n) is 12.0. The first-order chi connectivity index (χ1) is 17.4. The number of fused-ring (bicyclic) bond motifs is 1. The van der Waals surface area contributed by atoms with Gasteiger partial charge in [-0.05, 0) is 13.0 Å². The van der Waals surface area contributed by atoms with Crippen LogP contribution in [0.1, 0.15) is 5.56 Å². The van der Waals surface area contributed by atoms with Gasteiger partial charge in [0.2, 0.25) is 0 Å². The quantitative estimate of drug-likeness (QED) is 0.572. The van der Waals surface area contributed by atoms with Crippen LogP contribution in [0.5, 0.6) is 0 Å². The number of rotatable bonds is 4. The summed E-state index contributed by atoms with van der Waals surface area (Å²) in [6.45, 7) is 6.85. The average molecular weight is 498 g/mol. The molecule has 11 heteroatoms. The molecule has 0 aliphatic carbocycles. The van der Waals surface area contributed by atoms with E-state index >= 15 is 4.39 Å². The third-order valence-corrected chi connectivity index (χ3v) is 6.67. The van der Waals surface area contributed by atoms with Crippen LogP contribution in [0.25, 0.3) is 10.9 Å². The van der Waals surface area contributed by atoms with Crippen molar-refractivity contribution < 1.29 is 18.3 Å². The predicted molar refractivity (Wildman–Crippen MR) is 135 cm³/mol. The number of nitrogens with one attached hydrogen (secondary N) is 2. The second kappa shape index (κ2) is 10.1. The first-order valence-corrected chi connectivity index (χ1v) is 12.0. The lowest BCUT2D eigenvalue weighted by atomic mass is 10.1. The minimum atomic E-state index is -0.686. The number of halogens is 2. The van der Waals surface area contributed by atoms with Crippen molar-refractivity contribution >= 4 is 39.8 Å². The molecule has 9 nitrogen and oxygen atoms in total. The maximum Gasteiger partial charge on any atom is 0.317 e. The standard InChI is InChI=1S/C25H29F2N7O2/c1-16-23(30-18-13-19(15-29-14-18)32-7-9-36-10-8-32)22-20(27)11-17(26)12-21(22)31-24(16)33-3-5-34(6-4-33)25(35)28-2/h11-15H,3-10H2,1-2H3,(H,28,35)(H,30,31). The van der Waals surface area contributed by atoms with Crippen LogP contribution < -0.4 is 20.4 Å². The van der Waals surface area contributed by atoms with E-state index in [1.54, 1.807) is 24.3 Å². The van der Waals surface area contributed by atoms with Gasteiger partial charge in [0.05, 0.1) is 53.6 Å². The fraction of sp³-hybridized carbons (Fsp3) is 0.400. The molecular formula is C25H29F2N7O2. The molecule has 0 atom stereocenters. The Labute approximate surface area is 208 Å². The zero-order valence-electron chi connectivity index (χ0n) is 20.4. The molecule has 2 amide bonds. The summed E-state index contributed by atoms with van der Waals surface area (Å²) < 4.78 is 34.7. The third-order valence-electron chi connectivity index (χ3n) is 6.67. The molecule has 3 aromatic rings. The Kier molecular flexibility index (Phi) is 6.73. The van der Waals surface area contributed by atoms with Crippen molar-refractivity contribution in [1.82, 2.24) is 20.2 Å². The number of hydrogen-bond acceptors (Lipinski definition) is 7. The fourth-order valence-corrected chi connectivity index (χ4v) is 4.77. The molecule has 4 heterocycles. The third kappa shape index (κ3) is 4.70. The molecule has 0 bridgehead atoms. The number of carbonyl (C=O) groups excluding carboxylic acids is 1. The molecular weight excluding hydrogens is 468 g/mol. The summed E-state index contributed by atoms with van der Waals surface area (Å²) in [5.41, 5.74) is 3.10.